The number of anilines is 1. The monoisotopic (exact) mass is 325 g/mol. The Morgan fingerprint density at radius 2 is 1.78 bits per heavy atom. The Morgan fingerprint density at radius 3 is 2.43 bits per heavy atom. The fraction of sp³-hybridized carbons (Fsp3) is 0.188. The van der Waals surface area contributed by atoms with Crippen LogP contribution in [0, 0.1) is 17.5 Å². The van der Waals surface area contributed by atoms with E-state index in [4.69, 9.17) is 4.74 Å². The molecule has 0 bridgehead atoms. The van der Waals surface area contributed by atoms with E-state index >= 15 is 0 Å². The average Bonchev–Trinajstić information content (AvgIpc) is 2.54. The fourth-order valence-corrected chi connectivity index (χ4v) is 1.84. The number of halogens is 3. The highest BCUT2D eigenvalue weighted by molar-refractivity contribution is 5.90. The van der Waals surface area contributed by atoms with Crippen LogP contribution in [0.4, 0.5) is 18.9 Å². The van der Waals surface area contributed by atoms with Gasteiger partial charge in [-0.25, -0.2) is 18.0 Å². The number of hydrogen-bond acceptors (Lipinski definition) is 4. The first-order valence-corrected chi connectivity index (χ1v) is 6.71. The van der Waals surface area contributed by atoms with Crippen LogP contribution in [0.2, 0.25) is 0 Å². The molecule has 0 aromatic heterocycles. The average molecular weight is 325 g/mol. The predicted molar refractivity (Wildman–Crippen MR) is 78.1 cm³/mol. The van der Waals surface area contributed by atoms with Crippen molar-refractivity contribution in [3.63, 3.8) is 0 Å². The van der Waals surface area contributed by atoms with Crippen LogP contribution < -0.4 is 10.1 Å². The van der Waals surface area contributed by atoms with Crippen molar-refractivity contribution in [3.8, 4) is 5.75 Å². The molecule has 1 N–H and O–H groups in total. The van der Waals surface area contributed by atoms with E-state index in [9.17, 15) is 18.0 Å². The lowest BCUT2D eigenvalue weighted by Gasteiger charge is -2.11. The lowest BCUT2D eigenvalue weighted by Crippen LogP contribution is -2.14. The summed E-state index contributed by atoms with van der Waals surface area (Å²) in [6.45, 7) is 0.358. The summed E-state index contributed by atoms with van der Waals surface area (Å²) >= 11 is 0. The van der Waals surface area contributed by atoms with E-state index in [-0.39, 0.29) is 30.2 Å². The van der Waals surface area contributed by atoms with Crippen molar-refractivity contribution >= 4 is 11.7 Å². The number of rotatable bonds is 6. The van der Waals surface area contributed by atoms with Gasteiger partial charge in [0.2, 0.25) is 0 Å². The Bertz CT molecular complexity index is 690. The van der Waals surface area contributed by atoms with Crippen molar-refractivity contribution < 1.29 is 27.4 Å². The number of carbonyl (C=O) groups is 1. The van der Waals surface area contributed by atoms with Crippen LogP contribution in [-0.2, 0) is 4.74 Å². The third kappa shape index (κ3) is 4.38. The molecule has 4 nitrogen and oxygen atoms in total. The van der Waals surface area contributed by atoms with Gasteiger partial charge in [0.15, 0.2) is 0 Å². The van der Waals surface area contributed by atoms with Crippen LogP contribution in [0.15, 0.2) is 36.4 Å². The number of benzene rings is 2. The van der Waals surface area contributed by atoms with E-state index in [0.29, 0.717) is 11.8 Å². The van der Waals surface area contributed by atoms with Crippen LogP contribution in [-0.4, -0.2) is 26.2 Å². The van der Waals surface area contributed by atoms with E-state index in [1.165, 1.54) is 24.3 Å². The molecule has 0 radical (unpaired) electrons. The number of hydrogen-bond donors (Lipinski definition) is 1. The summed E-state index contributed by atoms with van der Waals surface area (Å²) in [5.41, 5.74) is -0.412. The molecule has 7 heteroatoms. The number of nitrogens with one attached hydrogen (secondary N) is 1. The maximum absolute atomic E-state index is 13.7. The summed E-state index contributed by atoms with van der Waals surface area (Å²) in [6.07, 6.45) is 0. The molecule has 0 aliphatic rings. The molecule has 0 atom stereocenters. The highest BCUT2D eigenvalue weighted by atomic mass is 19.1. The van der Waals surface area contributed by atoms with Gasteiger partial charge in [0.05, 0.1) is 18.4 Å². The van der Waals surface area contributed by atoms with Crippen molar-refractivity contribution in [3.05, 3.63) is 59.4 Å². The van der Waals surface area contributed by atoms with Gasteiger partial charge in [0.25, 0.3) is 0 Å². The van der Waals surface area contributed by atoms with Gasteiger partial charge >= 0.3 is 5.97 Å². The smallest absolute Gasteiger partial charge is 0.340 e. The Hall–Kier alpha value is -2.70. The first-order valence-electron chi connectivity index (χ1n) is 6.71. The molecule has 0 aliphatic carbocycles. The topological polar surface area (TPSA) is 47.6 Å². The number of esters is 1. The van der Waals surface area contributed by atoms with Crippen molar-refractivity contribution in [2.45, 2.75) is 0 Å². The van der Waals surface area contributed by atoms with Crippen LogP contribution in [0.5, 0.6) is 5.75 Å². The summed E-state index contributed by atoms with van der Waals surface area (Å²) in [5, 5.41) is 2.69. The Morgan fingerprint density at radius 1 is 1.09 bits per heavy atom. The number of ether oxygens (including phenoxy) is 2. The normalized spacial score (nSPS) is 10.3. The van der Waals surface area contributed by atoms with E-state index in [0.717, 1.165) is 13.2 Å². The molecule has 0 aliphatic heterocycles. The Kier molecular flexibility index (Phi) is 5.46. The molecule has 0 saturated heterocycles. The van der Waals surface area contributed by atoms with Crippen LogP contribution in [0.3, 0.4) is 0 Å². The number of carbonyl (C=O) groups excluding carboxylic acids is 1. The molecule has 122 valence electrons. The molecule has 0 fully saturated rings. The lowest BCUT2D eigenvalue weighted by molar-refractivity contribution is 0.0595. The van der Waals surface area contributed by atoms with Crippen molar-refractivity contribution in [1.82, 2.24) is 0 Å². The molecule has 0 amide bonds. The lowest BCUT2D eigenvalue weighted by atomic mass is 10.2. The second-order valence-electron chi connectivity index (χ2n) is 4.53. The Balaban J connectivity index is 1.94. The first-order chi connectivity index (χ1) is 11.0. The van der Waals surface area contributed by atoms with Gasteiger partial charge in [-0.2, -0.15) is 0 Å². The molecule has 2 rings (SSSR count). The zero-order chi connectivity index (χ0) is 16.8. The quantitative estimate of drug-likeness (QED) is 0.653. The zero-order valence-electron chi connectivity index (χ0n) is 12.2. The second kappa shape index (κ2) is 7.53. The van der Waals surface area contributed by atoms with E-state index in [1.807, 2.05) is 0 Å². The molecule has 2 aromatic rings. The third-order valence-electron chi connectivity index (χ3n) is 2.96. The maximum Gasteiger partial charge on any atom is 0.340 e. The summed E-state index contributed by atoms with van der Waals surface area (Å²) in [6, 6.07) is 7.08. The molecule has 0 saturated carbocycles. The van der Waals surface area contributed by atoms with Gasteiger partial charge in [-0.1, -0.05) is 0 Å². The molecule has 0 spiro atoms. The maximum atomic E-state index is 13.7. The van der Waals surface area contributed by atoms with Gasteiger partial charge in [-0.05, 0) is 30.3 Å². The largest absolute Gasteiger partial charge is 0.492 e. The molecular formula is C16H14F3NO3. The standard InChI is InChI=1S/C16H14F3NO3/c1-22-16(21)12-8-15(14(19)9-13(12)18)20-6-7-23-11-4-2-10(17)3-5-11/h2-5,8-9,20H,6-7H2,1H3. The van der Waals surface area contributed by atoms with Gasteiger partial charge in [0, 0.05) is 12.6 Å². The first kappa shape index (κ1) is 16.7. The summed E-state index contributed by atoms with van der Waals surface area (Å²) < 4.78 is 49.6. The summed E-state index contributed by atoms with van der Waals surface area (Å²) in [4.78, 5) is 11.4. The van der Waals surface area contributed by atoms with E-state index in [1.54, 1.807) is 0 Å². The molecule has 2 aromatic carbocycles. The second-order valence-corrected chi connectivity index (χ2v) is 4.53. The molecule has 0 heterocycles. The minimum atomic E-state index is -0.998. The summed E-state index contributed by atoms with van der Waals surface area (Å²) in [5.74, 6) is -2.64. The van der Waals surface area contributed by atoms with Crippen LogP contribution >= 0.6 is 0 Å². The third-order valence-corrected chi connectivity index (χ3v) is 2.96. The SMILES string of the molecule is COC(=O)c1cc(NCCOc2ccc(F)cc2)c(F)cc1F. The van der Waals surface area contributed by atoms with E-state index in [2.05, 4.69) is 10.1 Å². The molecule has 0 unspecified atom stereocenters. The number of methoxy groups -OCH3 is 1. The highest BCUT2D eigenvalue weighted by Crippen LogP contribution is 2.20. The Labute approximate surface area is 130 Å². The minimum Gasteiger partial charge on any atom is -0.492 e. The van der Waals surface area contributed by atoms with E-state index < -0.39 is 17.6 Å². The molecular weight excluding hydrogens is 311 g/mol. The van der Waals surface area contributed by atoms with Crippen molar-refractivity contribution in [1.29, 1.82) is 0 Å². The van der Waals surface area contributed by atoms with Crippen LogP contribution in [0.1, 0.15) is 10.4 Å². The van der Waals surface area contributed by atoms with Crippen molar-refractivity contribution in [2.24, 2.45) is 0 Å². The van der Waals surface area contributed by atoms with Crippen LogP contribution in [0.25, 0.3) is 0 Å². The highest BCUT2D eigenvalue weighted by Gasteiger charge is 2.16. The summed E-state index contributed by atoms with van der Waals surface area (Å²) in [7, 11) is 1.11. The zero-order valence-corrected chi connectivity index (χ0v) is 12.2. The van der Waals surface area contributed by atoms with Crippen molar-refractivity contribution in [2.75, 3.05) is 25.6 Å². The van der Waals surface area contributed by atoms with Gasteiger partial charge in [0.1, 0.15) is 29.8 Å². The molecule has 23 heavy (non-hydrogen) atoms. The fourth-order valence-electron chi connectivity index (χ4n) is 1.84. The van der Waals surface area contributed by atoms with Gasteiger partial charge in [-0.3, -0.25) is 0 Å². The van der Waals surface area contributed by atoms with Gasteiger partial charge < -0.3 is 14.8 Å². The minimum absolute atomic E-state index is 0.0468. The predicted octanol–water partition coefficient (Wildman–Crippen LogP) is 3.38. The van der Waals surface area contributed by atoms with Gasteiger partial charge in [-0.15, -0.1) is 0 Å².